The minimum absolute atomic E-state index is 0.334. The van der Waals surface area contributed by atoms with Crippen LogP contribution in [-0.2, 0) is 15.1 Å². The highest BCUT2D eigenvalue weighted by molar-refractivity contribution is 6.10. The van der Waals surface area contributed by atoms with Gasteiger partial charge in [0.2, 0.25) is 5.91 Å². The van der Waals surface area contributed by atoms with Crippen molar-refractivity contribution in [3.8, 4) is 0 Å². The lowest BCUT2D eigenvalue weighted by atomic mass is 9.91. The van der Waals surface area contributed by atoms with Crippen molar-refractivity contribution in [3.63, 3.8) is 0 Å². The number of hydrogen-bond acceptors (Lipinski definition) is 4. The number of amides is 4. The third-order valence-electron chi connectivity index (χ3n) is 6.16. The highest BCUT2D eigenvalue weighted by Gasteiger charge is 2.49. The van der Waals surface area contributed by atoms with Crippen LogP contribution in [-0.4, -0.2) is 42.4 Å². The Bertz CT molecular complexity index is 1030. The van der Waals surface area contributed by atoms with Crippen molar-refractivity contribution < 1.29 is 14.4 Å². The summed E-state index contributed by atoms with van der Waals surface area (Å²) in [6.45, 7) is 7.33. The van der Waals surface area contributed by atoms with Gasteiger partial charge in [-0.15, -0.1) is 0 Å². The SMILES string of the molecule is Cc1ccc([C@@]2(C)NC(=O)N(CC(=O)Nc3ccc(N4CCCC4)cc3C)C2=O)cc1. The predicted molar refractivity (Wildman–Crippen MR) is 120 cm³/mol. The van der Waals surface area contributed by atoms with Crippen molar-refractivity contribution in [2.75, 3.05) is 29.9 Å². The summed E-state index contributed by atoms with van der Waals surface area (Å²) in [6, 6.07) is 12.8. The van der Waals surface area contributed by atoms with Crippen molar-refractivity contribution in [1.29, 1.82) is 0 Å². The zero-order valence-electron chi connectivity index (χ0n) is 18.2. The van der Waals surface area contributed by atoms with Crippen molar-refractivity contribution in [3.05, 3.63) is 59.2 Å². The number of aryl methyl sites for hydroxylation is 2. The van der Waals surface area contributed by atoms with E-state index in [9.17, 15) is 14.4 Å². The molecule has 2 aromatic rings. The molecule has 0 aliphatic carbocycles. The number of benzene rings is 2. The predicted octanol–water partition coefficient (Wildman–Crippen LogP) is 3.31. The molecule has 0 unspecified atom stereocenters. The maximum atomic E-state index is 13.0. The largest absolute Gasteiger partial charge is 0.372 e. The van der Waals surface area contributed by atoms with Crippen LogP contribution >= 0.6 is 0 Å². The first-order chi connectivity index (χ1) is 14.8. The van der Waals surface area contributed by atoms with Crippen LogP contribution < -0.4 is 15.5 Å². The Morgan fingerprint density at radius 1 is 1.06 bits per heavy atom. The monoisotopic (exact) mass is 420 g/mol. The Labute approximate surface area is 182 Å². The van der Waals surface area contributed by atoms with Crippen LogP contribution in [0.4, 0.5) is 16.2 Å². The molecule has 7 heteroatoms. The van der Waals surface area contributed by atoms with E-state index in [1.165, 1.54) is 12.8 Å². The second kappa shape index (κ2) is 8.06. The summed E-state index contributed by atoms with van der Waals surface area (Å²) >= 11 is 0. The van der Waals surface area contributed by atoms with Crippen LogP contribution in [0.3, 0.4) is 0 Å². The van der Waals surface area contributed by atoms with Gasteiger partial charge >= 0.3 is 6.03 Å². The number of imide groups is 1. The molecule has 7 nitrogen and oxygen atoms in total. The standard InChI is InChI=1S/C24H28N4O3/c1-16-6-8-18(9-7-16)24(3)22(30)28(23(31)26-24)15-21(29)25-20-11-10-19(14-17(20)2)27-12-4-5-13-27/h6-11,14H,4-5,12-13,15H2,1-3H3,(H,25,29)(H,26,31)/t24-/m1/s1. The van der Waals surface area contributed by atoms with Crippen LogP contribution in [0.15, 0.2) is 42.5 Å². The van der Waals surface area contributed by atoms with E-state index in [4.69, 9.17) is 0 Å². The number of anilines is 2. The lowest BCUT2D eigenvalue weighted by Gasteiger charge is -2.22. The zero-order chi connectivity index (χ0) is 22.2. The molecule has 0 aromatic heterocycles. The molecule has 2 heterocycles. The minimum atomic E-state index is -1.18. The molecule has 2 aliphatic heterocycles. The van der Waals surface area contributed by atoms with Crippen LogP contribution in [0, 0.1) is 13.8 Å². The molecule has 4 rings (SSSR count). The minimum Gasteiger partial charge on any atom is -0.372 e. The van der Waals surface area contributed by atoms with E-state index in [1.54, 1.807) is 6.92 Å². The summed E-state index contributed by atoms with van der Waals surface area (Å²) in [6.07, 6.45) is 2.40. The first-order valence-corrected chi connectivity index (χ1v) is 10.6. The van der Waals surface area contributed by atoms with Gasteiger partial charge in [0, 0.05) is 24.5 Å². The second-order valence-corrected chi connectivity index (χ2v) is 8.55. The van der Waals surface area contributed by atoms with Gasteiger partial charge in [-0.05, 0) is 62.9 Å². The molecule has 2 aromatic carbocycles. The van der Waals surface area contributed by atoms with Gasteiger partial charge in [0.05, 0.1) is 0 Å². The van der Waals surface area contributed by atoms with Crippen LogP contribution in [0.5, 0.6) is 0 Å². The van der Waals surface area contributed by atoms with E-state index < -0.39 is 23.4 Å². The van der Waals surface area contributed by atoms with Crippen molar-refractivity contribution in [1.82, 2.24) is 10.2 Å². The Balaban J connectivity index is 1.44. The summed E-state index contributed by atoms with van der Waals surface area (Å²) in [5, 5.41) is 5.58. The van der Waals surface area contributed by atoms with E-state index in [0.29, 0.717) is 11.3 Å². The summed E-state index contributed by atoms with van der Waals surface area (Å²) in [4.78, 5) is 41.5. The number of nitrogens with one attached hydrogen (secondary N) is 2. The quantitative estimate of drug-likeness (QED) is 0.727. The van der Waals surface area contributed by atoms with E-state index in [0.717, 1.165) is 34.8 Å². The van der Waals surface area contributed by atoms with Gasteiger partial charge in [-0.3, -0.25) is 14.5 Å². The second-order valence-electron chi connectivity index (χ2n) is 8.55. The highest BCUT2D eigenvalue weighted by Crippen LogP contribution is 2.29. The molecular formula is C24H28N4O3. The summed E-state index contributed by atoms with van der Waals surface area (Å²) in [5.41, 5.74) is 3.34. The fourth-order valence-electron chi connectivity index (χ4n) is 4.22. The molecule has 162 valence electrons. The van der Waals surface area contributed by atoms with Gasteiger partial charge in [-0.2, -0.15) is 0 Å². The Morgan fingerprint density at radius 3 is 2.39 bits per heavy atom. The first kappa shape index (κ1) is 20.9. The normalized spacial score (nSPS) is 20.9. The number of carbonyl (C=O) groups excluding carboxylic acids is 3. The van der Waals surface area contributed by atoms with Gasteiger partial charge < -0.3 is 15.5 Å². The molecular weight excluding hydrogens is 392 g/mol. The van der Waals surface area contributed by atoms with Crippen molar-refractivity contribution >= 4 is 29.2 Å². The van der Waals surface area contributed by atoms with Gasteiger partial charge in [-0.1, -0.05) is 29.8 Å². The average Bonchev–Trinajstić information content (AvgIpc) is 3.34. The highest BCUT2D eigenvalue weighted by atomic mass is 16.2. The van der Waals surface area contributed by atoms with Crippen LogP contribution in [0.25, 0.3) is 0 Å². The summed E-state index contributed by atoms with van der Waals surface area (Å²) in [7, 11) is 0. The van der Waals surface area contributed by atoms with Gasteiger partial charge in [0.1, 0.15) is 12.1 Å². The molecule has 31 heavy (non-hydrogen) atoms. The average molecular weight is 421 g/mol. The maximum absolute atomic E-state index is 13.0. The molecule has 2 fully saturated rings. The number of urea groups is 1. The fraction of sp³-hybridized carbons (Fsp3) is 0.375. The van der Waals surface area contributed by atoms with E-state index in [2.05, 4.69) is 21.6 Å². The topological polar surface area (TPSA) is 81.8 Å². The Morgan fingerprint density at radius 2 is 1.74 bits per heavy atom. The Hall–Kier alpha value is -3.35. The molecule has 2 saturated heterocycles. The lowest BCUT2D eigenvalue weighted by Crippen LogP contribution is -2.42. The molecule has 0 spiro atoms. The molecule has 1 atom stereocenters. The summed E-state index contributed by atoms with van der Waals surface area (Å²) < 4.78 is 0. The third-order valence-corrected chi connectivity index (χ3v) is 6.16. The molecule has 0 bridgehead atoms. The zero-order valence-corrected chi connectivity index (χ0v) is 18.2. The molecule has 0 radical (unpaired) electrons. The number of nitrogens with zero attached hydrogens (tertiary/aromatic N) is 2. The van der Waals surface area contributed by atoms with Crippen LogP contribution in [0.2, 0.25) is 0 Å². The van der Waals surface area contributed by atoms with Crippen LogP contribution in [0.1, 0.15) is 36.5 Å². The summed E-state index contributed by atoms with van der Waals surface area (Å²) in [5.74, 6) is -0.841. The number of rotatable bonds is 5. The lowest BCUT2D eigenvalue weighted by molar-refractivity contribution is -0.133. The molecule has 2 aliphatic rings. The molecule has 4 amide bonds. The molecule has 0 saturated carbocycles. The van der Waals surface area contributed by atoms with E-state index in [1.807, 2.05) is 50.2 Å². The van der Waals surface area contributed by atoms with Gasteiger partial charge in [0.15, 0.2) is 0 Å². The third kappa shape index (κ3) is 4.00. The number of carbonyl (C=O) groups is 3. The number of hydrogen-bond donors (Lipinski definition) is 2. The smallest absolute Gasteiger partial charge is 0.325 e. The van der Waals surface area contributed by atoms with Crippen molar-refractivity contribution in [2.45, 2.75) is 39.2 Å². The first-order valence-electron chi connectivity index (χ1n) is 10.6. The van der Waals surface area contributed by atoms with Gasteiger partial charge in [-0.25, -0.2) is 4.79 Å². The fourth-order valence-corrected chi connectivity index (χ4v) is 4.22. The Kier molecular flexibility index (Phi) is 5.43. The molecule has 2 N–H and O–H groups in total. The maximum Gasteiger partial charge on any atom is 0.325 e. The van der Waals surface area contributed by atoms with E-state index in [-0.39, 0.29) is 6.54 Å². The van der Waals surface area contributed by atoms with Crippen molar-refractivity contribution in [2.24, 2.45) is 0 Å². The van der Waals surface area contributed by atoms with E-state index >= 15 is 0 Å². The van der Waals surface area contributed by atoms with Gasteiger partial charge in [0.25, 0.3) is 5.91 Å².